The molecule has 132 valence electrons. The quantitative estimate of drug-likeness (QED) is 0.585. The molecule has 25 heavy (non-hydrogen) atoms. The van der Waals surface area contributed by atoms with Crippen LogP contribution in [0.2, 0.25) is 0 Å². The van der Waals surface area contributed by atoms with Gasteiger partial charge in [-0.1, -0.05) is 12.1 Å². The number of nitriles is 1. The highest BCUT2D eigenvalue weighted by Gasteiger charge is 2.31. The number of para-hydroxylation sites is 2. The molecule has 0 radical (unpaired) electrons. The molecule has 0 atom stereocenters. The Morgan fingerprint density at radius 2 is 1.56 bits per heavy atom. The summed E-state index contributed by atoms with van der Waals surface area (Å²) in [7, 11) is 8.69. The molecule has 0 N–H and O–H groups in total. The molecular weight excluding hydrogens is 318 g/mol. The van der Waals surface area contributed by atoms with E-state index < -0.39 is 0 Å². The highest BCUT2D eigenvalue weighted by atomic mass is 16.2. The van der Waals surface area contributed by atoms with Crippen LogP contribution in [0.15, 0.2) is 35.7 Å². The molecule has 1 aromatic carbocycles. The Morgan fingerprint density at radius 3 is 2.00 bits per heavy atom. The number of amides is 1. The van der Waals surface area contributed by atoms with Crippen molar-refractivity contribution >= 4 is 23.1 Å². The Labute approximate surface area is 148 Å². The van der Waals surface area contributed by atoms with Gasteiger partial charge in [0.05, 0.1) is 24.5 Å². The van der Waals surface area contributed by atoms with E-state index in [1.54, 1.807) is 26.0 Å². The summed E-state index contributed by atoms with van der Waals surface area (Å²) in [6, 6.07) is 9.77. The lowest BCUT2D eigenvalue weighted by molar-refractivity contribution is -0.129. The first kappa shape index (κ1) is 18.5. The van der Waals surface area contributed by atoms with Crippen LogP contribution in [0.3, 0.4) is 0 Å². The Morgan fingerprint density at radius 1 is 1.04 bits per heavy atom. The number of fused-ring (bicyclic) bond motifs is 1. The van der Waals surface area contributed by atoms with Crippen LogP contribution in [0.4, 0.5) is 11.4 Å². The summed E-state index contributed by atoms with van der Waals surface area (Å²) in [5.74, 6) is 0.156. The fourth-order valence-corrected chi connectivity index (χ4v) is 2.81. The van der Waals surface area contributed by atoms with Gasteiger partial charge in [0, 0.05) is 28.2 Å². The van der Waals surface area contributed by atoms with Crippen LogP contribution in [0, 0.1) is 11.3 Å². The molecule has 1 aliphatic heterocycles. The zero-order valence-electron chi connectivity index (χ0n) is 15.3. The fourth-order valence-electron chi connectivity index (χ4n) is 2.81. The maximum atomic E-state index is 12.7. The maximum absolute atomic E-state index is 12.7. The molecule has 0 fully saturated rings. The molecule has 0 saturated carbocycles. The third-order valence-electron chi connectivity index (χ3n) is 4.17. The number of rotatable bonds is 5. The first-order chi connectivity index (χ1) is 11.8. The van der Waals surface area contributed by atoms with Gasteiger partial charge >= 0.3 is 0 Å². The monoisotopic (exact) mass is 341 g/mol. The number of carbonyl (C=O) groups is 2. The Balaban J connectivity index is 2.25. The molecule has 7 heteroatoms. The predicted molar refractivity (Wildman–Crippen MR) is 97.1 cm³/mol. The summed E-state index contributed by atoms with van der Waals surface area (Å²) < 4.78 is 0. The molecule has 2 rings (SSSR count). The predicted octanol–water partition coefficient (Wildman–Crippen LogP) is 0.897. The van der Waals surface area contributed by atoms with Gasteiger partial charge in [-0.25, -0.2) is 0 Å². The van der Waals surface area contributed by atoms with E-state index in [4.69, 9.17) is 0 Å². The molecule has 0 aromatic heterocycles. The van der Waals surface area contributed by atoms with Gasteiger partial charge in [-0.2, -0.15) is 5.26 Å². The molecule has 0 unspecified atom stereocenters. The highest BCUT2D eigenvalue weighted by Crippen LogP contribution is 2.40. The van der Waals surface area contributed by atoms with E-state index >= 15 is 0 Å². The molecule has 1 amide bonds. The minimum Gasteiger partial charge on any atom is -0.348 e. The van der Waals surface area contributed by atoms with Gasteiger partial charge in [-0.05, 0) is 19.2 Å². The van der Waals surface area contributed by atoms with Crippen molar-refractivity contribution in [1.82, 2.24) is 9.80 Å². The first-order valence-corrected chi connectivity index (χ1v) is 7.90. The maximum Gasteiger partial charge on any atom is 0.236 e. The van der Waals surface area contributed by atoms with Gasteiger partial charge < -0.3 is 14.7 Å². The van der Waals surface area contributed by atoms with Gasteiger partial charge in [0.25, 0.3) is 0 Å². The number of hydrogen-bond donors (Lipinski definition) is 0. The third kappa shape index (κ3) is 3.64. The summed E-state index contributed by atoms with van der Waals surface area (Å²) in [6.45, 7) is 0.128. The molecule has 1 heterocycles. The van der Waals surface area contributed by atoms with E-state index in [2.05, 4.69) is 0 Å². The summed E-state index contributed by atoms with van der Waals surface area (Å²) in [4.78, 5) is 31.2. The van der Waals surface area contributed by atoms with Crippen molar-refractivity contribution in [3.8, 4) is 6.07 Å². The topological polar surface area (TPSA) is 70.9 Å². The van der Waals surface area contributed by atoms with Crippen molar-refractivity contribution < 1.29 is 9.59 Å². The van der Waals surface area contributed by atoms with Crippen LogP contribution < -0.4 is 9.80 Å². The Hall–Kier alpha value is -2.85. The molecule has 1 aromatic rings. The number of Topliss-reactive ketones (excluding diaryl/α,β-unsaturated/α-hetero) is 1. The summed E-state index contributed by atoms with van der Waals surface area (Å²) in [5.41, 5.74) is 1.97. The number of anilines is 2. The Bertz CT molecular complexity index is 732. The van der Waals surface area contributed by atoms with E-state index in [-0.39, 0.29) is 30.4 Å². The molecular formula is C18H23N5O2. The van der Waals surface area contributed by atoms with Crippen LogP contribution >= 0.6 is 0 Å². The number of hydrogen-bond acceptors (Lipinski definition) is 6. The molecule has 0 spiro atoms. The number of benzene rings is 1. The summed E-state index contributed by atoms with van der Waals surface area (Å²) in [5, 5.41) is 9.58. The third-order valence-corrected chi connectivity index (χ3v) is 4.17. The van der Waals surface area contributed by atoms with Crippen molar-refractivity contribution in [3.05, 3.63) is 35.7 Å². The number of carbonyl (C=O) groups excluding carboxylic acids is 2. The normalized spacial score (nSPS) is 12.9. The minimum absolute atomic E-state index is 0.00397. The van der Waals surface area contributed by atoms with Crippen LogP contribution in [-0.2, 0) is 9.59 Å². The second-order valence-electron chi connectivity index (χ2n) is 6.30. The van der Waals surface area contributed by atoms with Crippen molar-refractivity contribution in [2.75, 3.05) is 58.1 Å². The molecule has 0 aliphatic carbocycles. The molecule has 1 aliphatic rings. The van der Waals surface area contributed by atoms with Gasteiger partial charge in [0.2, 0.25) is 5.91 Å². The molecule has 0 bridgehead atoms. The van der Waals surface area contributed by atoms with Crippen molar-refractivity contribution in [3.63, 3.8) is 0 Å². The first-order valence-electron chi connectivity index (χ1n) is 7.90. The van der Waals surface area contributed by atoms with Gasteiger partial charge in [0.15, 0.2) is 5.78 Å². The lowest BCUT2D eigenvalue weighted by atomic mass is 10.1. The SMILES string of the molecule is CN(CC(=O)C(C#N)=C1N(C)c2ccccc2N1C)CC(=O)N(C)C. The minimum atomic E-state index is -0.307. The van der Waals surface area contributed by atoms with Crippen molar-refractivity contribution in [2.24, 2.45) is 0 Å². The van der Waals surface area contributed by atoms with E-state index in [9.17, 15) is 14.9 Å². The highest BCUT2D eigenvalue weighted by molar-refractivity contribution is 6.03. The lowest BCUT2D eigenvalue weighted by Gasteiger charge is -2.22. The Kier molecular flexibility index (Phi) is 5.45. The second-order valence-corrected chi connectivity index (χ2v) is 6.30. The van der Waals surface area contributed by atoms with E-state index in [1.807, 2.05) is 54.2 Å². The number of likely N-dealkylation sites (N-methyl/N-ethyl adjacent to an activating group) is 2. The average molecular weight is 341 g/mol. The van der Waals surface area contributed by atoms with Crippen LogP contribution in [-0.4, -0.2) is 69.8 Å². The number of ketones is 1. The van der Waals surface area contributed by atoms with Crippen LogP contribution in [0.25, 0.3) is 0 Å². The van der Waals surface area contributed by atoms with Crippen molar-refractivity contribution in [2.45, 2.75) is 0 Å². The zero-order chi connectivity index (χ0) is 18.7. The average Bonchev–Trinajstić information content (AvgIpc) is 2.81. The van der Waals surface area contributed by atoms with E-state index in [0.29, 0.717) is 5.82 Å². The van der Waals surface area contributed by atoms with E-state index in [0.717, 1.165) is 11.4 Å². The molecule has 7 nitrogen and oxygen atoms in total. The zero-order valence-corrected chi connectivity index (χ0v) is 15.3. The van der Waals surface area contributed by atoms with Gasteiger partial charge in [0.1, 0.15) is 17.5 Å². The molecule has 0 saturated heterocycles. The van der Waals surface area contributed by atoms with Crippen molar-refractivity contribution in [1.29, 1.82) is 5.26 Å². The number of nitrogens with zero attached hydrogens (tertiary/aromatic N) is 5. The summed E-state index contributed by atoms with van der Waals surface area (Å²) >= 11 is 0. The smallest absolute Gasteiger partial charge is 0.236 e. The lowest BCUT2D eigenvalue weighted by Crippen LogP contribution is -2.38. The standard InChI is InChI=1S/C18H23N5O2/c1-20(2)17(25)12-21(3)11-16(24)13(10-19)18-22(4)14-8-6-7-9-15(14)23(18)5/h6-9H,11-12H2,1-5H3. The van der Waals surface area contributed by atoms with Gasteiger partial charge in [-0.3, -0.25) is 14.5 Å². The second kappa shape index (κ2) is 7.36. The van der Waals surface area contributed by atoms with Crippen LogP contribution in [0.5, 0.6) is 0 Å². The van der Waals surface area contributed by atoms with Gasteiger partial charge in [-0.15, -0.1) is 0 Å². The summed E-state index contributed by atoms with van der Waals surface area (Å²) in [6.07, 6.45) is 0. The van der Waals surface area contributed by atoms with E-state index in [1.165, 1.54) is 4.90 Å². The largest absolute Gasteiger partial charge is 0.348 e. The fraction of sp³-hybridized carbons (Fsp3) is 0.389. The van der Waals surface area contributed by atoms with Crippen LogP contribution in [0.1, 0.15) is 0 Å².